The number of likely N-dealkylation sites (tertiary alicyclic amines) is 1. The van der Waals surface area contributed by atoms with Crippen molar-refractivity contribution < 1.29 is 14.0 Å². The van der Waals surface area contributed by atoms with E-state index in [1.54, 1.807) is 11.0 Å². The van der Waals surface area contributed by atoms with Gasteiger partial charge in [0.05, 0.1) is 5.56 Å². The molecule has 0 aliphatic carbocycles. The van der Waals surface area contributed by atoms with E-state index in [9.17, 15) is 14.0 Å². The van der Waals surface area contributed by atoms with Gasteiger partial charge in [-0.1, -0.05) is 0 Å². The van der Waals surface area contributed by atoms with Crippen LogP contribution in [0.4, 0.5) is 10.1 Å². The average molecular weight is 356 g/mol. The monoisotopic (exact) mass is 355 g/mol. The van der Waals surface area contributed by atoms with Crippen molar-refractivity contribution in [3.8, 4) is 0 Å². The molecule has 3 N–H and O–H groups in total. The first-order chi connectivity index (χ1) is 11.0. The van der Waals surface area contributed by atoms with Gasteiger partial charge in [-0.15, -0.1) is 12.4 Å². The molecule has 132 valence electrons. The number of nitrogens with zero attached hydrogens (tertiary/aromatic N) is 1. The van der Waals surface area contributed by atoms with Crippen LogP contribution in [0, 0.1) is 11.7 Å². The summed E-state index contributed by atoms with van der Waals surface area (Å²) in [6.45, 7) is 3.20. The fourth-order valence-electron chi connectivity index (χ4n) is 3.36. The maximum atomic E-state index is 14.3. The SMILES string of the molecule is CC(N)C1CCN(C(=O)c2cc3c(cc2F)NC(=O)CC3)CC1.Cl. The molecule has 0 bridgehead atoms. The molecule has 0 radical (unpaired) electrons. The lowest BCUT2D eigenvalue weighted by Gasteiger charge is -2.34. The average Bonchev–Trinajstić information content (AvgIpc) is 2.53. The highest BCUT2D eigenvalue weighted by Gasteiger charge is 2.28. The van der Waals surface area contributed by atoms with Crippen molar-refractivity contribution in [1.82, 2.24) is 4.90 Å². The standard InChI is InChI=1S/C17H22FN3O2.ClH/c1-10(19)11-4-6-21(7-5-11)17(23)13-8-12-2-3-16(22)20-15(12)9-14(13)18;/h8-11H,2-7,19H2,1H3,(H,20,22);1H. The summed E-state index contributed by atoms with van der Waals surface area (Å²) in [6, 6.07) is 2.97. The van der Waals surface area contributed by atoms with Crippen LogP contribution in [0.1, 0.15) is 42.1 Å². The summed E-state index contributed by atoms with van der Waals surface area (Å²) in [5, 5.41) is 2.65. The molecule has 3 rings (SSSR count). The Bertz CT molecular complexity index is 643. The number of amides is 2. The van der Waals surface area contributed by atoms with Crippen LogP contribution in [-0.2, 0) is 11.2 Å². The molecule has 2 heterocycles. The zero-order valence-corrected chi connectivity index (χ0v) is 14.5. The highest BCUT2D eigenvalue weighted by molar-refractivity contribution is 5.98. The molecule has 0 aromatic heterocycles. The second-order valence-corrected chi connectivity index (χ2v) is 6.53. The van der Waals surface area contributed by atoms with Gasteiger partial charge in [0.25, 0.3) is 5.91 Å². The molecule has 1 unspecified atom stereocenters. The maximum absolute atomic E-state index is 14.3. The molecule has 1 aromatic rings. The van der Waals surface area contributed by atoms with Crippen molar-refractivity contribution in [3.05, 3.63) is 29.1 Å². The predicted octanol–water partition coefficient (Wildman–Crippen LogP) is 2.33. The number of benzene rings is 1. The number of carbonyl (C=O) groups is 2. The second kappa shape index (κ2) is 7.49. The van der Waals surface area contributed by atoms with Gasteiger partial charge in [-0.3, -0.25) is 9.59 Å². The van der Waals surface area contributed by atoms with Crippen molar-refractivity contribution in [1.29, 1.82) is 0 Å². The minimum Gasteiger partial charge on any atom is -0.339 e. The number of aryl methyl sites for hydroxylation is 1. The first kappa shape index (κ1) is 18.7. The molecule has 24 heavy (non-hydrogen) atoms. The van der Waals surface area contributed by atoms with E-state index in [1.807, 2.05) is 6.92 Å². The maximum Gasteiger partial charge on any atom is 0.256 e. The van der Waals surface area contributed by atoms with E-state index < -0.39 is 5.82 Å². The van der Waals surface area contributed by atoms with E-state index in [-0.39, 0.29) is 35.8 Å². The highest BCUT2D eigenvalue weighted by atomic mass is 35.5. The quantitative estimate of drug-likeness (QED) is 0.855. The molecular weight excluding hydrogens is 333 g/mol. The first-order valence-electron chi connectivity index (χ1n) is 8.13. The number of anilines is 1. The molecule has 1 atom stereocenters. The zero-order valence-electron chi connectivity index (χ0n) is 13.7. The Hall–Kier alpha value is -1.66. The fourth-order valence-corrected chi connectivity index (χ4v) is 3.36. The normalized spacial score (nSPS) is 19.1. The number of hydrogen-bond acceptors (Lipinski definition) is 3. The minimum absolute atomic E-state index is 0. The summed E-state index contributed by atoms with van der Waals surface area (Å²) in [5.41, 5.74) is 7.31. The van der Waals surface area contributed by atoms with Crippen molar-refractivity contribution in [2.75, 3.05) is 18.4 Å². The van der Waals surface area contributed by atoms with Crippen LogP contribution in [0.5, 0.6) is 0 Å². The van der Waals surface area contributed by atoms with Crippen molar-refractivity contribution in [3.63, 3.8) is 0 Å². The van der Waals surface area contributed by atoms with Crippen LogP contribution in [0.15, 0.2) is 12.1 Å². The molecule has 2 aliphatic heterocycles. The van der Waals surface area contributed by atoms with Crippen LogP contribution in [0.2, 0.25) is 0 Å². The third-order valence-electron chi connectivity index (χ3n) is 4.89. The van der Waals surface area contributed by atoms with Gasteiger partial charge in [0.15, 0.2) is 0 Å². The van der Waals surface area contributed by atoms with Crippen LogP contribution in [0.25, 0.3) is 0 Å². The van der Waals surface area contributed by atoms with E-state index in [0.29, 0.717) is 37.5 Å². The number of hydrogen-bond donors (Lipinski definition) is 2. The Morgan fingerprint density at radius 3 is 2.62 bits per heavy atom. The van der Waals surface area contributed by atoms with Gasteiger partial charge in [-0.2, -0.15) is 0 Å². The van der Waals surface area contributed by atoms with Gasteiger partial charge in [-0.05, 0) is 49.8 Å². The summed E-state index contributed by atoms with van der Waals surface area (Å²) < 4.78 is 14.3. The first-order valence-corrected chi connectivity index (χ1v) is 8.13. The third-order valence-corrected chi connectivity index (χ3v) is 4.89. The van der Waals surface area contributed by atoms with E-state index >= 15 is 0 Å². The largest absolute Gasteiger partial charge is 0.339 e. The Labute approximate surface area is 147 Å². The van der Waals surface area contributed by atoms with Gasteiger partial charge in [0, 0.05) is 31.2 Å². The van der Waals surface area contributed by atoms with Crippen molar-refractivity contribution in [2.45, 2.75) is 38.6 Å². The number of halogens is 2. The third kappa shape index (κ3) is 3.70. The van der Waals surface area contributed by atoms with Crippen LogP contribution in [-0.4, -0.2) is 35.8 Å². The number of piperidine rings is 1. The van der Waals surface area contributed by atoms with E-state index in [0.717, 1.165) is 18.4 Å². The van der Waals surface area contributed by atoms with Gasteiger partial charge in [0.2, 0.25) is 5.91 Å². The molecule has 2 amide bonds. The molecule has 1 aromatic carbocycles. The lowest BCUT2D eigenvalue weighted by molar-refractivity contribution is -0.116. The molecular formula is C17H23ClFN3O2. The Balaban J connectivity index is 0.00000208. The van der Waals surface area contributed by atoms with Crippen LogP contribution < -0.4 is 11.1 Å². The second-order valence-electron chi connectivity index (χ2n) is 6.53. The molecule has 0 saturated carbocycles. The van der Waals surface area contributed by atoms with E-state index in [4.69, 9.17) is 5.73 Å². The number of nitrogens with two attached hydrogens (primary N) is 1. The smallest absolute Gasteiger partial charge is 0.256 e. The molecule has 2 aliphatic rings. The number of nitrogens with one attached hydrogen (secondary N) is 1. The van der Waals surface area contributed by atoms with Crippen LogP contribution >= 0.6 is 12.4 Å². The van der Waals surface area contributed by atoms with Crippen LogP contribution in [0.3, 0.4) is 0 Å². The van der Waals surface area contributed by atoms with Gasteiger partial charge in [-0.25, -0.2) is 4.39 Å². The fraction of sp³-hybridized carbons (Fsp3) is 0.529. The summed E-state index contributed by atoms with van der Waals surface area (Å²) in [4.78, 5) is 25.7. The Morgan fingerprint density at radius 2 is 2.00 bits per heavy atom. The summed E-state index contributed by atoms with van der Waals surface area (Å²) in [5.74, 6) is -0.549. The highest BCUT2D eigenvalue weighted by Crippen LogP contribution is 2.28. The van der Waals surface area contributed by atoms with E-state index in [2.05, 4.69) is 5.32 Å². The van der Waals surface area contributed by atoms with Gasteiger partial charge in [0.1, 0.15) is 5.82 Å². The van der Waals surface area contributed by atoms with E-state index in [1.165, 1.54) is 6.07 Å². The molecule has 5 nitrogen and oxygen atoms in total. The zero-order chi connectivity index (χ0) is 16.6. The Kier molecular flexibility index (Phi) is 5.83. The molecule has 7 heteroatoms. The van der Waals surface area contributed by atoms with Crippen molar-refractivity contribution in [2.24, 2.45) is 11.7 Å². The number of fused-ring (bicyclic) bond motifs is 1. The molecule has 0 spiro atoms. The predicted molar refractivity (Wildman–Crippen MR) is 92.9 cm³/mol. The van der Waals surface area contributed by atoms with Crippen molar-refractivity contribution >= 4 is 29.9 Å². The summed E-state index contributed by atoms with van der Waals surface area (Å²) >= 11 is 0. The number of carbonyl (C=O) groups excluding carboxylic acids is 2. The molecule has 1 fully saturated rings. The molecule has 1 saturated heterocycles. The number of rotatable bonds is 2. The van der Waals surface area contributed by atoms with Gasteiger partial charge >= 0.3 is 0 Å². The minimum atomic E-state index is -0.578. The van der Waals surface area contributed by atoms with Gasteiger partial charge < -0.3 is 16.0 Å². The summed E-state index contributed by atoms with van der Waals surface area (Å²) in [6.07, 6.45) is 2.61. The Morgan fingerprint density at radius 1 is 1.33 bits per heavy atom. The topological polar surface area (TPSA) is 75.4 Å². The summed E-state index contributed by atoms with van der Waals surface area (Å²) in [7, 11) is 0. The lowest BCUT2D eigenvalue weighted by atomic mass is 9.90. The lowest BCUT2D eigenvalue weighted by Crippen LogP contribution is -2.42.